The van der Waals surface area contributed by atoms with Crippen LogP contribution < -0.4 is 11.1 Å². The second-order valence-electron chi connectivity index (χ2n) is 3.03. The van der Waals surface area contributed by atoms with Crippen LogP contribution in [0.1, 0.15) is 16.2 Å². The zero-order chi connectivity index (χ0) is 10.4. The minimum absolute atomic E-state index is 0.264. The van der Waals surface area contributed by atoms with Crippen molar-refractivity contribution in [3.05, 3.63) is 21.9 Å². The third-order valence-electron chi connectivity index (χ3n) is 1.78. The fourth-order valence-electron chi connectivity index (χ4n) is 1.06. The first-order valence-electron chi connectivity index (χ1n) is 4.45. The Labute approximate surface area is 87.4 Å². The first-order chi connectivity index (χ1) is 6.72. The van der Waals surface area contributed by atoms with Crippen molar-refractivity contribution in [3.63, 3.8) is 0 Å². The second kappa shape index (κ2) is 5.62. The molecule has 0 fully saturated rings. The van der Waals surface area contributed by atoms with Gasteiger partial charge < -0.3 is 16.3 Å². The van der Waals surface area contributed by atoms with Crippen molar-refractivity contribution in [1.82, 2.24) is 5.32 Å². The van der Waals surface area contributed by atoms with Crippen LogP contribution in [0.25, 0.3) is 0 Å². The Bertz CT molecular complexity index is 309. The van der Waals surface area contributed by atoms with Crippen molar-refractivity contribution in [1.29, 1.82) is 0 Å². The van der Waals surface area contributed by atoms with Crippen LogP contribution in [0.3, 0.4) is 0 Å². The van der Waals surface area contributed by atoms with E-state index in [0.29, 0.717) is 6.42 Å². The molecule has 0 saturated carbocycles. The number of aryl methyl sites for hydroxylation is 1. The summed E-state index contributed by atoms with van der Waals surface area (Å²) >= 11 is 1.78. The van der Waals surface area contributed by atoms with E-state index in [4.69, 9.17) is 10.9 Å². The highest BCUT2D eigenvalue weighted by Gasteiger charge is 1.96. The molecular formula is C9H15N3OS. The third-order valence-corrected chi connectivity index (χ3v) is 2.78. The molecule has 1 aromatic rings. The molecule has 1 aromatic heterocycles. The number of nitrogens with zero attached hydrogens (tertiary/aromatic N) is 1. The predicted octanol–water partition coefficient (Wildman–Crippen LogP) is 1.28. The minimum Gasteiger partial charge on any atom is -0.409 e. The zero-order valence-corrected chi connectivity index (χ0v) is 8.97. The molecule has 1 rings (SSSR count). The van der Waals surface area contributed by atoms with Crippen LogP contribution in [0.4, 0.5) is 0 Å². The molecule has 0 unspecified atom stereocenters. The number of hydrogen-bond donors (Lipinski definition) is 3. The smallest absolute Gasteiger partial charge is 0.140 e. The van der Waals surface area contributed by atoms with Crippen LogP contribution in [0.5, 0.6) is 0 Å². The first kappa shape index (κ1) is 11.0. The van der Waals surface area contributed by atoms with Crippen molar-refractivity contribution >= 4 is 17.2 Å². The lowest BCUT2D eigenvalue weighted by Gasteiger charge is -2.01. The van der Waals surface area contributed by atoms with E-state index in [1.54, 1.807) is 11.3 Å². The average Bonchev–Trinajstić information content (AvgIpc) is 2.58. The summed E-state index contributed by atoms with van der Waals surface area (Å²) in [5, 5.41) is 14.4. The van der Waals surface area contributed by atoms with Crippen molar-refractivity contribution < 1.29 is 5.21 Å². The minimum atomic E-state index is 0.264. The zero-order valence-electron chi connectivity index (χ0n) is 8.16. The van der Waals surface area contributed by atoms with Gasteiger partial charge in [0, 0.05) is 29.3 Å². The van der Waals surface area contributed by atoms with E-state index in [-0.39, 0.29) is 5.84 Å². The maximum Gasteiger partial charge on any atom is 0.140 e. The van der Waals surface area contributed by atoms with Crippen LogP contribution >= 0.6 is 11.3 Å². The van der Waals surface area contributed by atoms with Crippen LogP contribution in [-0.2, 0) is 6.54 Å². The summed E-state index contributed by atoms with van der Waals surface area (Å²) in [5.74, 6) is 0.264. The molecule has 14 heavy (non-hydrogen) atoms. The topological polar surface area (TPSA) is 70.6 Å². The predicted molar refractivity (Wildman–Crippen MR) is 58.8 cm³/mol. The molecular weight excluding hydrogens is 198 g/mol. The molecule has 0 bridgehead atoms. The lowest BCUT2D eigenvalue weighted by molar-refractivity contribution is 0.316. The van der Waals surface area contributed by atoms with E-state index in [1.165, 1.54) is 9.75 Å². The van der Waals surface area contributed by atoms with Crippen molar-refractivity contribution in [3.8, 4) is 0 Å². The van der Waals surface area contributed by atoms with E-state index in [9.17, 15) is 0 Å². The van der Waals surface area contributed by atoms with Crippen molar-refractivity contribution in [2.24, 2.45) is 10.9 Å². The van der Waals surface area contributed by atoms with Crippen molar-refractivity contribution in [2.75, 3.05) is 6.54 Å². The fourth-order valence-corrected chi connectivity index (χ4v) is 1.92. The lowest BCUT2D eigenvalue weighted by Crippen LogP contribution is -2.21. The van der Waals surface area contributed by atoms with E-state index in [1.807, 2.05) is 0 Å². The van der Waals surface area contributed by atoms with Gasteiger partial charge in [-0.25, -0.2) is 0 Å². The van der Waals surface area contributed by atoms with Crippen LogP contribution in [-0.4, -0.2) is 17.6 Å². The van der Waals surface area contributed by atoms with Gasteiger partial charge in [-0.2, -0.15) is 0 Å². The van der Waals surface area contributed by atoms with E-state index < -0.39 is 0 Å². The Morgan fingerprint density at radius 3 is 3.00 bits per heavy atom. The van der Waals surface area contributed by atoms with E-state index in [2.05, 4.69) is 29.5 Å². The fraction of sp³-hybridized carbons (Fsp3) is 0.444. The van der Waals surface area contributed by atoms with Gasteiger partial charge in [0.2, 0.25) is 0 Å². The molecule has 0 spiro atoms. The summed E-state index contributed by atoms with van der Waals surface area (Å²) in [6.45, 7) is 3.66. The summed E-state index contributed by atoms with van der Waals surface area (Å²) in [6.07, 6.45) is 0.570. The molecule has 4 nitrogen and oxygen atoms in total. The van der Waals surface area contributed by atoms with Gasteiger partial charge in [0.1, 0.15) is 5.84 Å². The van der Waals surface area contributed by atoms with Gasteiger partial charge in [0.25, 0.3) is 0 Å². The van der Waals surface area contributed by atoms with Gasteiger partial charge in [-0.05, 0) is 19.1 Å². The number of nitrogens with one attached hydrogen (secondary N) is 1. The van der Waals surface area contributed by atoms with Gasteiger partial charge in [-0.15, -0.1) is 11.3 Å². The molecule has 0 saturated heterocycles. The molecule has 0 aliphatic carbocycles. The highest BCUT2D eigenvalue weighted by molar-refractivity contribution is 7.11. The number of hydrogen-bond acceptors (Lipinski definition) is 4. The number of oxime groups is 1. The molecule has 0 aliphatic rings. The molecule has 0 amide bonds. The van der Waals surface area contributed by atoms with Crippen LogP contribution in [0.2, 0.25) is 0 Å². The number of thiophene rings is 1. The summed E-state index contributed by atoms with van der Waals surface area (Å²) in [5.41, 5.74) is 5.32. The lowest BCUT2D eigenvalue weighted by atomic mass is 10.4. The van der Waals surface area contributed by atoms with Crippen LogP contribution in [0, 0.1) is 6.92 Å². The SMILES string of the molecule is Cc1ccc(CNCCC(N)=NO)s1. The summed E-state index contributed by atoms with van der Waals surface area (Å²) in [7, 11) is 0. The Morgan fingerprint density at radius 1 is 1.64 bits per heavy atom. The highest BCUT2D eigenvalue weighted by atomic mass is 32.1. The van der Waals surface area contributed by atoms with Gasteiger partial charge in [-0.1, -0.05) is 5.16 Å². The summed E-state index contributed by atoms with van der Waals surface area (Å²) in [6, 6.07) is 4.21. The highest BCUT2D eigenvalue weighted by Crippen LogP contribution is 2.14. The molecule has 5 heteroatoms. The second-order valence-corrected chi connectivity index (χ2v) is 4.40. The Morgan fingerprint density at radius 2 is 2.43 bits per heavy atom. The summed E-state index contributed by atoms with van der Waals surface area (Å²) < 4.78 is 0. The Hall–Kier alpha value is -1.07. The molecule has 0 atom stereocenters. The molecule has 0 aromatic carbocycles. The molecule has 78 valence electrons. The standard InChI is InChI=1S/C9H15N3OS/c1-7-2-3-8(14-7)6-11-5-4-9(10)12-13/h2-3,11,13H,4-6H2,1H3,(H2,10,12). The van der Waals surface area contributed by atoms with Gasteiger partial charge in [0.15, 0.2) is 0 Å². The first-order valence-corrected chi connectivity index (χ1v) is 5.26. The number of amidine groups is 1. The summed E-state index contributed by atoms with van der Waals surface area (Å²) in [4.78, 5) is 2.63. The Balaban J connectivity index is 2.16. The van der Waals surface area contributed by atoms with Crippen molar-refractivity contribution in [2.45, 2.75) is 19.9 Å². The monoisotopic (exact) mass is 213 g/mol. The van der Waals surface area contributed by atoms with Crippen LogP contribution in [0.15, 0.2) is 17.3 Å². The normalized spacial score (nSPS) is 11.9. The largest absolute Gasteiger partial charge is 0.409 e. The van der Waals surface area contributed by atoms with E-state index in [0.717, 1.165) is 13.1 Å². The molecule has 0 radical (unpaired) electrons. The molecule has 0 aliphatic heterocycles. The molecule has 4 N–H and O–H groups in total. The molecule has 1 heterocycles. The van der Waals surface area contributed by atoms with E-state index >= 15 is 0 Å². The maximum absolute atomic E-state index is 8.29. The third kappa shape index (κ3) is 3.76. The Kier molecular flexibility index (Phi) is 4.42. The average molecular weight is 213 g/mol. The van der Waals surface area contributed by atoms with Gasteiger partial charge >= 0.3 is 0 Å². The number of nitrogens with two attached hydrogens (primary N) is 1. The van der Waals surface area contributed by atoms with Gasteiger partial charge in [-0.3, -0.25) is 0 Å². The quantitative estimate of drug-likeness (QED) is 0.227. The maximum atomic E-state index is 8.29. The number of rotatable bonds is 5. The van der Waals surface area contributed by atoms with Gasteiger partial charge in [0.05, 0.1) is 0 Å².